The lowest BCUT2D eigenvalue weighted by atomic mass is 10.5. The molecule has 0 bridgehead atoms. The van der Waals surface area contributed by atoms with E-state index < -0.39 is 6.08 Å². The maximum Gasteiger partial charge on any atom is 0.312 e. The number of hydrogen-bond donors (Lipinski definition) is 1. The first-order valence-electron chi connectivity index (χ1n) is 3.14. The average molecular weight is 165 g/mol. The van der Waals surface area contributed by atoms with Crippen molar-refractivity contribution >= 4 is 23.7 Å². The molecular weight excluding hydrogens is 161 g/mol. The molecule has 60 valence electrons. The number of aromatic amines is 1. The highest BCUT2D eigenvalue weighted by atomic mass is 19.1. The summed E-state index contributed by atoms with van der Waals surface area (Å²) >= 11 is 0. The lowest BCUT2D eigenvalue weighted by Crippen LogP contribution is -1.89. The van der Waals surface area contributed by atoms with E-state index in [0.717, 1.165) is 0 Å². The van der Waals surface area contributed by atoms with Crippen molar-refractivity contribution in [2.24, 2.45) is 4.99 Å². The van der Waals surface area contributed by atoms with Crippen molar-refractivity contribution in [3.05, 3.63) is 12.4 Å². The fraction of sp³-hybridized carbons (Fsp3) is 0. The molecule has 5 nitrogen and oxygen atoms in total. The Balaban J connectivity index is 2.88. The van der Waals surface area contributed by atoms with Gasteiger partial charge in [-0.15, -0.1) is 0 Å². The van der Waals surface area contributed by atoms with Gasteiger partial charge < -0.3 is 4.98 Å². The summed E-state index contributed by atoms with van der Waals surface area (Å²) in [4.78, 5) is 16.9. The number of H-pyrrole nitrogens is 1. The van der Waals surface area contributed by atoms with E-state index in [9.17, 15) is 4.39 Å². The molecule has 0 unspecified atom stereocenters. The third-order valence-corrected chi connectivity index (χ3v) is 1.39. The Kier molecular flexibility index (Phi) is 1.33. The van der Waals surface area contributed by atoms with Gasteiger partial charge in [-0.25, -0.2) is 9.98 Å². The van der Waals surface area contributed by atoms with Crippen molar-refractivity contribution < 1.29 is 4.39 Å². The van der Waals surface area contributed by atoms with Crippen LogP contribution in [0.15, 0.2) is 11.3 Å². The average Bonchev–Trinajstić information content (AvgIpc) is 2.50. The maximum absolute atomic E-state index is 12.6. The molecule has 0 spiro atoms. The number of nitrogens with one attached hydrogen (secondary N) is 1. The van der Waals surface area contributed by atoms with Gasteiger partial charge in [0.1, 0.15) is 5.52 Å². The Morgan fingerprint density at radius 1 is 1.50 bits per heavy atom. The molecule has 0 atom stereocenters. The van der Waals surface area contributed by atoms with Crippen molar-refractivity contribution in [3.63, 3.8) is 0 Å². The zero-order valence-corrected chi connectivity index (χ0v) is 5.95. The molecule has 0 saturated heterocycles. The molecule has 0 amide bonds. The summed E-state index contributed by atoms with van der Waals surface area (Å²) in [6.45, 7) is 3.25. The second kappa shape index (κ2) is 2.33. The summed E-state index contributed by atoms with van der Waals surface area (Å²) in [5.41, 5.74) is 0.747. The van der Waals surface area contributed by atoms with E-state index in [1.807, 2.05) is 0 Å². The first kappa shape index (κ1) is 6.84. The van der Waals surface area contributed by atoms with Crippen LogP contribution in [-0.2, 0) is 0 Å². The van der Waals surface area contributed by atoms with Crippen LogP contribution >= 0.6 is 0 Å². The van der Waals surface area contributed by atoms with Crippen LogP contribution in [-0.4, -0.2) is 26.7 Å². The molecular formula is C6H4FN5. The summed E-state index contributed by atoms with van der Waals surface area (Å²) in [6, 6.07) is 0. The van der Waals surface area contributed by atoms with E-state index >= 15 is 0 Å². The summed E-state index contributed by atoms with van der Waals surface area (Å²) in [7, 11) is 0. The summed E-state index contributed by atoms with van der Waals surface area (Å²) in [6.07, 6.45) is 0.546. The summed E-state index contributed by atoms with van der Waals surface area (Å²) in [5.74, 6) is 0.176. The first-order chi connectivity index (χ1) is 5.81. The Bertz CT molecular complexity index is 434. The van der Waals surface area contributed by atoms with Gasteiger partial charge >= 0.3 is 6.08 Å². The van der Waals surface area contributed by atoms with Gasteiger partial charge in [0.2, 0.25) is 0 Å². The quantitative estimate of drug-likeness (QED) is 0.502. The van der Waals surface area contributed by atoms with E-state index in [1.165, 1.54) is 6.33 Å². The highest BCUT2D eigenvalue weighted by molar-refractivity contribution is 5.80. The number of nitrogens with zero attached hydrogens (tertiary/aromatic N) is 4. The largest absolute Gasteiger partial charge is 0.340 e. The molecule has 2 aromatic rings. The normalized spacial score (nSPS) is 10.4. The number of aliphatic imine (C=N–C) groups is 1. The minimum absolute atomic E-state index is 0.176. The summed E-state index contributed by atoms with van der Waals surface area (Å²) < 4.78 is 12.6. The molecule has 0 aromatic carbocycles. The number of rotatable bonds is 1. The third kappa shape index (κ3) is 0.849. The van der Waals surface area contributed by atoms with E-state index in [4.69, 9.17) is 0 Å². The van der Waals surface area contributed by atoms with Gasteiger partial charge in [-0.05, 0) is 6.72 Å². The lowest BCUT2D eigenvalue weighted by Gasteiger charge is -1.92. The van der Waals surface area contributed by atoms with Crippen LogP contribution in [0.2, 0.25) is 0 Å². The van der Waals surface area contributed by atoms with Gasteiger partial charge in [-0.3, -0.25) is 0 Å². The smallest absolute Gasteiger partial charge is 0.312 e. The van der Waals surface area contributed by atoms with Crippen LogP contribution < -0.4 is 0 Å². The fourth-order valence-electron chi connectivity index (χ4n) is 0.906. The molecule has 0 fully saturated rings. The van der Waals surface area contributed by atoms with Gasteiger partial charge in [0, 0.05) is 0 Å². The Labute approximate surface area is 66.4 Å². The van der Waals surface area contributed by atoms with Crippen molar-refractivity contribution in [1.82, 2.24) is 19.9 Å². The molecule has 0 aliphatic rings. The molecule has 0 aliphatic carbocycles. The Morgan fingerprint density at radius 2 is 2.33 bits per heavy atom. The predicted octanol–water partition coefficient (Wildman–Crippen LogP) is 0.824. The maximum atomic E-state index is 12.6. The van der Waals surface area contributed by atoms with Gasteiger partial charge in [-0.1, -0.05) is 0 Å². The van der Waals surface area contributed by atoms with E-state index in [0.29, 0.717) is 5.52 Å². The lowest BCUT2D eigenvalue weighted by molar-refractivity contribution is 0.545. The number of imidazole rings is 1. The van der Waals surface area contributed by atoms with Crippen molar-refractivity contribution in [1.29, 1.82) is 0 Å². The number of hydrogen-bond acceptors (Lipinski definition) is 4. The molecule has 0 saturated carbocycles. The molecule has 2 rings (SSSR count). The minimum Gasteiger partial charge on any atom is -0.340 e. The fourth-order valence-corrected chi connectivity index (χ4v) is 0.906. The van der Waals surface area contributed by atoms with Crippen molar-refractivity contribution in [3.8, 4) is 0 Å². The third-order valence-electron chi connectivity index (χ3n) is 1.39. The zero-order chi connectivity index (χ0) is 8.55. The predicted molar refractivity (Wildman–Crippen MR) is 40.9 cm³/mol. The van der Waals surface area contributed by atoms with Gasteiger partial charge in [-0.2, -0.15) is 14.4 Å². The molecule has 2 aromatic heterocycles. The second-order valence-electron chi connectivity index (χ2n) is 2.08. The van der Waals surface area contributed by atoms with Gasteiger partial charge in [0.05, 0.1) is 6.33 Å². The van der Waals surface area contributed by atoms with E-state index in [1.54, 1.807) is 0 Å². The van der Waals surface area contributed by atoms with Crippen LogP contribution in [0, 0.1) is 6.08 Å². The molecule has 0 aliphatic heterocycles. The van der Waals surface area contributed by atoms with Crippen LogP contribution in [0.4, 0.5) is 10.2 Å². The van der Waals surface area contributed by atoms with Crippen LogP contribution in [0.25, 0.3) is 11.2 Å². The van der Waals surface area contributed by atoms with E-state index in [2.05, 4.69) is 31.6 Å². The first-order valence-corrected chi connectivity index (χ1v) is 3.14. The van der Waals surface area contributed by atoms with Crippen LogP contribution in [0.3, 0.4) is 0 Å². The molecule has 2 heterocycles. The van der Waals surface area contributed by atoms with Gasteiger partial charge in [0.25, 0.3) is 0 Å². The number of fused-ring (bicyclic) bond motifs is 1. The standard InChI is InChI=1S/C6H4FN5/c1-8-4-3-5(10-2-9-3)12-6(7)11-4/h2H,1H2,(H,9,10,11,12). The second-order valence-corrected chi connectivity index (χ2v) is 2.08. The molecule has 0 radical (unpaired) electrons. The zero-order valence-electron chi connectivity index (χ0n) is 5.95. The number of halogens is 1. The van der Waals surface area contributed by atoms with Crippen LogP contribution in [0.1, 0.15) is 0 Å². The van der Waals surface area contributed by atoms with E-state index in [-0.39, 0.29) is 11.5 Å². The van der Waals surface area contributed by atoms with Crippen LogP contribution in [0.5, 0.6) is 0 Å². The van der Waals surface area contributed by atoms with Gasteiger partial charge in [0.15, 0.2) is 11.5 Å². The monoisotopic (exact) mass is 165 g/mol. The Hall–Kier alpha value is -1.85. The van der Waals surface area contributed by atoms with Crippen molar-refractivity contribution in [2.45, 2.75) is 0 Å². The minimum atomic E-state index is -0.850. The topological polar surface area (TPSA) is 66.8 Å². The number of aromatic nitrogens is 4. The highest BCUT2D eigenvalue weighted by Crippen LogP contribution is 2.17. The van der Waals surface area contributed by atoms with Crippen molar-refractivity contribution in [2.75, 3.05) is 0 Å². The molecule has 12 heavy (non-hydrogen) atoms. The molecule has 6 heteroatoms. The Morgan fingerprint density at radius 3 is 3.08 bits per heavy atom. The molecule has 1 N–H and O–H groups in total. The SMILES string of the molecule is C=Nc1nc(F)nc2nc[nH]c12. The highest BCUT2D eigenvalue weighted by Gasteiger charge is 2.06. The summed E-state index contributed by atoms with van der Waals surface area (Å²) in [5, 5.41) is 0.